The number of hydrogen-bond donors (Lipinski definition) is 2. The van der Waals surface area contributed by atoms with Gasteiger partial charge in [0.1, 0.15) is 0 Å². The van der Waals surface area contributed by atoms with E-state index in [1.54, 1.807) is 22.7 Å². The molecule has 0 radical (unpaired) electrons. The summed E-state index contributed by atoms with van der Waals surface area (Å²) < 4.78 is 0. The lowest BCUT2D eigenvalue weighted by molar-refractivity contribution is 1.35. The van der Waals surface area contributed by atoms with Gasteiger partial charge in [-0.15, -0.1) is 0 Å². The lowest BCUT2D eigenvalue weighted by atomic mass is 10.1. The molecule has 0 saturated carbocycles. The number of rotatable bonds is 5. The highest BCUT2D eigenvalue weighted by atomic mass is 32.1. The van der Waals surface area contributed by atoms with E-state index in [0.717, 1.165) is 42.5 Å². The summed E-state index contributed by atoms with van der Waals surface area (Å²) in [6.45, 7) is 0. The van der Waals surface area contributed by atoms with E-state index in [4.69, 9.17) is 9.97 Å². The molecule has 4 aromatic rings. The number of benzene rings is 2. The lowest BCUT2D eigenvalue weighted by Gasteiger charge is -2.03. The van der Waals surface area contributed by atoms with E-state index in [0.29, 0.717) is 0 Å². The van der Waals surface area contributed by atoms with Crippen molar-refractivity contribution >= 4 is 32.9 Å². The molecule has 2 aromatic carbocycles. The van der Waals surface area contributed by atoms with Gasteiger partial charge in [0, 0.05) is 25.2 Å². The third kappa shape index (κ3) is 3.09. The van der Waals surface area contributed by atoms with Crippen LogP contribution in [-0.4, -0.2) is 24.1 Å². The molecule has 0 unspecified atom stereocenters. The van der Waals surface area contributed by atoms with Crippen molar-refractivity contribution in [3.63, 3.8) is 0 Å². The molecule has 26 heavy (non-hydrogen) atoms. The van der Waals surface area contributed by atoms with Crippen LogP contribution in [0.4, 0.5) is 10.3 Å². The van der Waals surface area contributed by atoms with E-state index in [-0.39, 0.29) is 0 Å². The van der Waals surface area contributed by atoms with Crippen LogP contribution in [0, 0.1) is 0 Å². The number of nitrogens with zero attached hydrogens (tertiary/aromatic N) is 2. The highest BCUT2D eigenvalue weighted by molar-refractivity contribution is 7.26. The van der Waals surface area contributed by atoms with E-state index in [1.165, 1.54) is 0 Å². The van der Waals surface area contributed by atoms with Gasteiger partial charge in [-0.05, 0) is 0 Å². The molecular weight excluding hydrogens is 360 g/mol. The van der Waals surface area contributed by atoms with Crippen LogP contribution in [0.15, 0.2) is 60.7 Å². The molecule has 2 aromatic heterocycles. The fourth-order valence-corrected chi connectivity index (χ4v) is 4.76. The van der Waals surface area contributed by atoms with Gasteiger partial charge in [0.2, 0.25) is 0 Å². The van der Waals surface area contributed by atoms with Gasteiger partial charge >= 0.3 is 0 Å². The fourth-order valence-electron chi connectivity index (χ4n) is 2.75. The summed E-state index contributed by atoms with van der Waals surface area (Å²) >= 11 is 3.32. The Morgan fingerprint density at radius 3 is 1.35 bits per heavy atom. The predicted molar refractivity (Wildman–Crippen MR) is 113 cm³/mol. The molecule has 2 N–H and O–H groups in total. The standard InChI is InChI=1S/C20H18N4S2/c1-21-19-23-15(13-9-5-3-6-10-13)17(25-19)18-16(24-20(22-2)26-18)14-11-7-4-8-12-14/h3-12H,1-2H3,(H,21,23)(H,22,24). The van der Waals surface area contributed by atoms with E-state index in [1.807, 2.05) is 50.5 Å². The molecular formula is C20H18N4S2. The first kappa shape index (κ1) is 16.8. The number of thiazole rings is 2. The molecule has 0 saturated heterocycles. The summed E-state index contributed by atoms with van der Waals surface area (Å²) in [7, 11) is 3.81. The third-order valence-electron chi connectivity index (χ3n) is 3.98. The van der Waals surface area contributed by atoms with E-state index in [9.17, 15) is 0 Å². The van der Waals surface area contributed by atoms with Gasteiger partial charge in [0.25, 0.3) is 0 Å². The molecule has 6 heteroatoms. The van der Waals surface area contributed by atoms with Gasteiger partial charge in [-0.3, -0.25) is 0 Å². The van der Waals surface area contributed by atoms with Crippen LogP contribution in [0.2, 0.25) is 0 Å². The molecule has 130 valence electrons. The largest absolute Gasteiger partial charge is 0.365 e. The molecule has 0 bridgehead atoms. The van der Waals surface area contributed by atoms with Crippen LogP contribution < -0.4 is 10.6 Å². The van der Waals surface area contributed by atoms with Crippen molar-refractivity contribution in [3.8, 4) is 32.3 Å². The van der Waals surface area contributed by atoms with E-state index >= 15 is 0 Å². The third-order valence-corrected chi connectivity index (χ3v) is 6.29. The van der Waals surface area contributed by atoms with Crippen molar-refractivity contribution < 1.29 is 0 Å². The first-order valence-corrected chi connectivity index (χ1v) is 9.92. The first-order valence-electron chi connectivity index (χ1n) is 8.28. The van der Waals surface area contributed by atoms with Crippen LogP contribution in [0.25, 0.3) is 32.3 Å². The Morgan fingerprint density at radius 2 is 1.00 bits per heavy atom. The van der Waals surface area contributed by atoms with Gasteiger partial charge in [-0.2, -0.15) is 0 Å². The van der Waals surface area contributed by atoms with Crippen molar-refractivity contribution in [2.24, 2.45) is 0 Å². The van der Waals surface area contributed by atoms with Gasteiger partial charge in [-0.25, -0.2) is 9.97 Å². The van der Waals surface area contributed by atoms with Crippen molar-refractivity contribution in [2.45, 2.75) is 0 Å². The highest BCUT2D eigenvalue weighted by Crippen LogP contribution is 2.46. The highest BCUT2D eigenvalue weighted by Gasteiger charge is 2.21. The Morgan fingerprint density at radius 1 is 0.615 bits per heavy atom. The van der Waals surface area contributed by atoms with Gasteiger partial charge in [0.15, 0.2) is 10.3 Å². The lowest BCUT2D eigenvalue weighted by Crippen LogP contribution is -1.87. The molecule has 0 aliphatic heterocycles. The maximum Gasteiger partial charge on any atom is 0.183 e. The van der Waals surface area contributed by atoms with E-state index in [2.05, 4.69) is 34.9 Å². The van der Waals surface area contributed by atoms with Gasteiger partial charge in [-0.1, -0.05) is 83.3 Å². The SMILES string of the molecule is CNc1nc(-c2ccccc2)c(-c2sc(NC)nc2-c2ccccc2)s1. The average molecular weight is 379 g/mol. The summed E-state index contributed by atoms with van der Waals surface area (Å²) in [6, 6.07) is 20.6. The van der Waals surface area contributed by atoms with Gasteiger partial charge < -0.3 is 10.6 Å². The van der Waals surface area contributed by atoms with Crippen molar-refractivity contribution in [1.82, 2.24) is 9.97 Å². The second-order valence-corrected chi connectivity index (χ2v) is 7.62. The molecule has 0 amide bonds. The Kier molecular flexibility index (Phi) is 4.69. The number of hydrogen-bond acceptors (Lipinski definition) is 6. The maximum atomic E-state index is 4.81. The normalized spacial score (nSPS) is 10.7. The van der Waals surface area contributed by atoms with Crippen LogP contribution in [0.3, 0.4) is 0 Å². The molecule has 0 fully saturated rings. The molecule has 4 rings (SSSR count). The fraction of sp³-hybridized carbons (Fsp3) is 0.100. The minimum Gasteiger partial charge on any atom is -0.365 e. The Bertz CT molecular complexity index is 923. The molecule has 2 heterocycles. The first-order chi connectivity index (χ1) is 12.8. The minimum absolute atomic E-state index is 0.900. The van der Waals surface area contributed by atoms with Crippen LogP contribution in [-0.2, 0) is 0 Å². The summed E-state index contributed by atoms with van der Waals surface area (Å²) in [5.41, 5.74) is 4.20. The number of aromatic nitrogens is 2. The van der Waals surface area contributed by atoms with Crippen LogP contribution in [0.1, 0.15) is 0 Å². The molecule has 0 aliphatic rings. The molecule has 4 nitrogen and oxygen atoms in total. The smallest absolute Gasteiger partial charge is 0.183 e. The monoisotopic (exact) mass is 378 g/mol. The quantitative estimate of drug-likeness (QED) is 0.469. The second-order valence-electron chi connectivity index (χ2n) is 5.63. The van der Waals surface area contributed by atoms with Crippen molar-refractivity contribution in [2.75, 3.05) is 24.7 Å². The zero-order valence-corrected chi connectivity index (χ0v) is 16.1. The molecule has 0 atom stereocenters. The molecule has 0 spiro atoms. The Hall–Kier alpha value is -2.70. The summed E-state index contributed by atoms with van der Waals surface area (Å²) in [4.78, 5) is 11.9. The van der Waals surface area contributed by atoms with E-state index < -0.39 is 0 Å². The maximum absolute atomic E-state index is 4.81. The molecule has 0 aliphatic carbocycles. The van der Waals surface area contributed by atoms with Crippen molar-refractivity contribution in [1.29, 1.82) is 0 Å². The van der Waals surface area contributed by atoms with Crippen LogP contribution >= 0.6 is 22.7 Å². The topological polar surface area (TPSA) is 49.8 Å². The number of anilines is 2. The Labute approximate surface area is 160 Å². The van der Waals surface area contributed by atoms with Gasteiger partial charge in [0.05, 0.1) is 21.1 Å². The average Bonchev–Trinajstić information content (AvgIpc) is 3.33. The minimum atomic E-state index is 0.900. The predicted octanol–water partition coefficient (Wildman–Crippen LogP) is 5.68. The van der Waals surface area contributed by atoms with Crippen LogP contribution in [0.5, 0.6) is 0 Å². The van der Waals surface area contributed by atoms with Crippen molar-refractivity contribution in [3.05, 3.63) is 60.7 Å². The zero-order chi connectivity index (χ0) is 17.9. The second kappa shape index (κ2) is 7.27. The number of nitrogens with one attached hydrogen (secondary N) is 2. The summed E-state index contributed by atoms with van der Waals surface area (Å²) in [5, 5.41) is 8.17. The zero-order valence-electron chi connectivity index (χ0n) is 14.5. The Balaban J connectivity index is 1.94. The summed E-state index contributed by atoms with van der Waals surface area (Å²) in [5.74, 6) is 0. The summed E-state index contributed by atoms with van der Waals surface area (Å²) in [6.07, 6.45) is 0.